The summed E-state index contributed by atoms with van der Waals surface area (Å²) in [5.74, 6) is 0.701. The minimum atomic E-state index is -0.0685. The normalized spacial score (nSPS) is 13.9. The fraction of sp³-hybridized carbons (Fsp3) is 0.333. The Morgan fingerprint density at radius 3 is 2.55 bits per heavy atom. The number of aryl methyl sites for hydroxylation is 2. The van der Waals surface area contributed by atoms with Crippen molar-refractivity contribution < 1.29 is 4.79 Å². The highest BCUT2D eigenvalue weighted by Gasteiger charge is 2.23. The molecule has 0 unspecified atom stereocenters. The van der Waals surface area contributed by atoms with Crippen molar-refractivity contribution in [3.05, 3.63) is 77.3 Å². The molecule has 1 amide bonds. The third-order valence-corrected chi connectivity index (χ3v) is 5.51. The average Bonchev–Trinajstić information content (AvgIpc) is 3.37. The van der Waals surface area contributed by atoms with Gasteiger partial charge in [0.2, 0.25) is 0 Å². The van der Waals surface area contributed by atoms with Gasteiger partial charge in [-0.1, -0.05) is 29.3 Å². The number of carbonyl (C=O) groups excluding carboxylic acids is 1. The van der Waals surface area contributed by atoms with Crippen molar-refractivity contribution in [2.45, 2.75) is 46.0 Å². The van der Waals surface area contributed by atoms with Crippen molar-refractivity contribution in [3.8, 4) is 11.5 Å². The first-order valence-electron chi connectivity index (χ1n) is 10.4. The third kappa shape index (κ3) is 4.19. The molecule has 0 fully saturated rings. The number of nitrogens with one attached hydrogen (secondary N) is 1. The summed E-state index contributed by atoms with van der Waals surface area (Å²) in [5.41, 5.74) is 4.95. The molecule has 3 aromatic rings. The first-order chi connectivity index (χ1) is 14.1. The van der Waals surface area contributed by atoms with Gasteiger partial charge in [0.1, 0.15) is 5.56 Å². The summed E-state index contributed by atoms with van der Waals surface area (Å²) in [5, 5.41) is 7.83. The van der Waals surface area contributed by atoms with Crippen LogP contribution in [0.4, 0.5) is 0 Å². The zero-order chi connectivity index (χ0) is 20.2. The van der Waals surface area contributed by atoms with Crippen LogP contribution in [0.25, 0.3) is 11.5 Å². The van der Waals surface area contributed by atoms with E-state index in [4.69, 9.17) is 5.10 Å². The number of carbonyl (C=O) groups is 1. The highest BCUT2D eigenvalue weighted by atomic mass is 16.1. The molecule has 1 aromatic carbocycles. The van der Waals surface area contributed by atoms with Gasteiger partial charge in [0, 0.05) is 18.9 Å². The van der Waals surface area contributed by atoms with Gasteiger partial charge in [0.15, 0.2) is 5.82 Å². The molecule has 0 bridgehead atoms. The molecule has 5 heteroatoms. The van der Waals surface area contributed by atoms with Gasteiger partial charge >= 0.3 is 0 Å². The third-order valence-electron chi connectivity index (χ3n) is 5.51. The fourth-order valence-electron chi connectivity index (χ4n) is 3.92. The number of aromatic nitrogens is 3. The van der Waals surface area contributed by atoms with Crippen LogP contribution >= 0.6 is 0 Å². The molecule has 150 valence electrons. The second-order valence-electron chi connectivity index (χ2n) is 7.74. The summed E-state index contributed by atoms with van der Waals surface area (Å²) < 4.78 is 3.81. The van der Waals surface area contributed by atoms with Crippen LogP contribution in [0.3, 0.4) is 0 Å². The molecule has 29 heavy (non-hydrogen) atoms. The van der Waals surface area contributed by atoms with Crippen LogP contribution < -0.4 is 5.32 Å². The molecule has 0 spiro atoms. The zero-order valence-electron chi connectivity index (χ0n) is 17.2. The van der Waals surface area contributed by atoms with Crippen molar-refractivity contribution in [3.63, 3.8) is 0 Å². The molecule has 1 aliphatic rings. The highest BCUT2D eigenvalue weighted by molar-refractivity contribution is 5.98. The van der Waals surface area contributed by atoms with E-state index in [2.05, 4.69) is 30.4 Å². The number of nitrogens with zero attached hydrogens (tertiary/aromatic N) is 3. The highest BCUT2D eigenvalue weighted by Crippen LogP contribution is 2.24. The van der Waals surface area contributed by atoms with Gasteiger partial charge < -0.3 is 9.88 Å². The lowest BCUT2D eigenvalue weighted by Crippen LogP contribution is -2.26. The van der Waals surface area contributed by atoms with E-state index >= 15 is 0 Å². The van der Waals surface area contributed by atoms with Crippen LogP contribution in [0.1, 0.15) is 53.7 Å². The van der Waals surface area contributed by atoms with Crippen LogP contribution in [-0.2, 0) is 0 Å². The molecule has 5 nitrogen and oxygen atoms in total. The molecular weight excluding hydrogens is 360 g/mol. The van der Waals surface area contributed by atoms with E-state index in [1.807, 2.05) is 52.8 Å². The van der Waals surface area contributed by atoms with Gasteiger partial charge in [0.25, 0.3) is 5.91 Å². The molecule has 0 radical (unpaired) electrons. The van der Waals surface area contributed by atoms with Gasteiger partial charge in [-0.25, -0.2) is 4.68 Å². The summed E-state index contributed by atoms with van der Waals surface area (Å²) in [6, 6.07) is 12.1. The molecule has 2 heterocycles. The Morgan fingerprint density at radius 1 is 1.10 bits per heavy atom. The van der Waals surface area contributed by atoms with Crippen LogP contribution in [-0.4, -0.2) is 26.8 Å². The molecule has 0 saturated carbocycles. The number of rotatable bonds is 6. The van der Waals surface area contributed by atoms with Gasteiger partial charge in [-0.3, -0.25) is 4.79 Å². The molecule has 4 rings (SSSR count). The van der Waals surface area contributed by atoms with E-state index < -0.39 is 0 Å². The average molecular weight is 389 g/mol. The topological polar surface area (TPSA) is 51.9 Å². The predicted octanol–water partition coefficient (Wildman–Crippen LogP) is 4.90. The maximum absolute atomic E-state index is 13.1. The monoisotopic (exact) mass is 388 g/mol. The maximum Gasteiger partial charge on any atom is 0.257 e. The Bertz CT molecular complexity index is 1010. The van der Waals surface area contributed by atoms with Gasteiger partial charge in [0.05, 0.1) is 11.4 Å². The molecule has 0 atom stereocenters. The Labute approximate surface area is 172 Å². The zero-order valence-corrected chi connectivity index (χ0v) is 17.2. The van der Waals surface area contributed by atoms with Crippen molar-refractivity contribution in [1.82, 2.24) is 19.7 Å². The maximum atomic E-state index is 13.1. The Morgan fingerprint density at radius 2 is 1.86 bits per heavy atom. The molecular formula is C24H28N4O. The van der Waals surface area contributed by atoms with Gasteiger partial charge in [-0.2, -0.15) is 5.10 Å². The lowest BCUT2D eigenvalue weighted by Gasteiger charge is -2.14. The molecule has 1 aliphatic carbocycles. The van der Waals surface area contributed by atoms with Crippen molar-refractivity contribution in [1.29, 1.82) is 0 Å². The van der Waals surface area contributed by atoms with Gasteiger partial charge in [-0.05, 0) is 70.2 Å². The lowest BCUT2D eigenvalue weighted by atomic mass is 9.97. The summed E-state index contributed by atoms with van der Waals surface area (Å²) in [4.78, 5) is 13.1. The van der Waals surface area contributed by atoms with Gasteiger partial charge in [-0.15, -0.1) is 0 Å². The number of benzene rings is 1. The van der Waals surface area contributed by atoms with Crippen molar-refractivity contribution >= 4 is 5.91 Å². The van der Waals surface area contributed by atoms with Crippen molar-refractivity contribution in [2.75, 3.05) is 6.54 Å². The van der Waals surface area contributed by atoms with Crippen molar-refractivity contribution in [2.24, 2.45) is 0 Å². The largest absolute Gasteiger partial charge is 0.352 e. The van der Waals surface area contributed by atoms with E-state index in [0.29, 0.717) is 12.1 Å². The number of allylic oxidation sites excluding steroid dienone is 1. The number of amides is 1. The summed E-state index contributed by atoms with van der Waals surface area (Å²) in [6.07, 6.45) is 12.0. The van der Waals surface area contributed by atoms with E-state index in [0.717, 1.165) is 30.0 Å². The van der Waals surface area contributed by atoms with Crippen LogP contribution in [0, 0.1) is 13.8 Å². The second-order valence-corrected chi connectivity index (χ2v) is 7.74. The Hall–Kier alpha value is -3.08. The summed E-state index contributed by atoms with van der Waals surface area (Å²) in [7, 11) is 0. The first kappa shape index (κ1) is 19.2. The molecule has 1 N–H and O–H groups in total. The van der Waals surface area contributed by atoms with E-state index in [1.165, 1.54) is 30.4 Å². The smallest absolute Gasteiger partial charge is 0.257 e. The summed E-state index contributed by atoms with van der Waals surface area (Å²) in [6.45, 7) is 4.62. The van der Waals surface area contributed by atoms with E-state index in [-0.39, 0.29) is 5.91 Å². The number of hydrogen-bond donors (Lipinski definition) is 1. The fourth-order valence-corrected chi connectivity index (χ4v) is 3.92. The standard InChI is InChI=1S/C24H28N4O/c1-18-10-12-21(13-11-18)28-24(27-16-6-7-17-27)22(19(2)26-28)23(29)25-15-14-20-8-4-3-5-9-20/h6-8,10-13,16-17H,3-5,9,14-15H2,1-2H3,(H,25,29). The Kier molecular flexibility index (Phi) is 5.65. The van der Waals surface area contributed by atoms with E-state index in [9.17, 15) is 4.79 Å². The SMILES string of the molecule is Cc1ccc(-n2nc(C)c(C(=O)NCCC3=CCCCC3)c2-n2cccc2)cc1. The van der Waals surface area contributed by atoms with Crippen LogP contribution in [0.15, 0.2) is 60.4 Å². The van der Waals surface area contributed by atoms with Crippen LogP contribution in [0.2, 0.25) is 0 Å². The molecule has 2 aromatic heterocycles. The van der Waals surface area contributed by atoms with Crippen LogP contribution in [0.5, 0.6) is 0 Å². The first-order valence-corrected chi connectivity index (χ1v) is 10.4. The minimum absolute atomic E-state index is 0.0685. The predicted molar refractivity (Wildman–Crippen MR) is 116 cm³/mol. The van der Waals surface area contributed by atoms with E-state index in [1.54, 1.807) is 0 Å². The summed E-state index contributed by atoms with van der Waals surface area (Å²) >= 11 is 0. The lowest BCUT2D eigenvalue weighted by molar-refractivity contribution is 0.0953. The minimum Gasteiger partial charge on any atom is -0.352 e. The second kappa shape index (κ2) is 8.52. The Balaban J connectivity index is 1.63. The molecule has 0 aliphatic heterocycles. The quantitative estimate of drug-likeness (QED) is 0.611. The molecule has 0 saturated heterocycles. The number of hydrogen-bond acceptors (Lipinski definition) is 2.